The van der Waals surface area contributed by atoms with Crippen molar-refractivity contribution in [2.24, 2.45) is 0 Å². The van der Waals surface area contributed by atoms with Crippen molar-refractivity contribution in [1.82, 2.24) is 5.32 Å². The first-order valence-corrected chi connectivity index (χ1v) is 5.90. The molecule has 0 bridgehead atoms. The molecule has 0 aromatic heterocycles. The zero-order valence-electron chi connectivity index (χ0n) is 9.61. The molecule has 3 N–H and O–H groups in total. The maximum Gasteiger partial charge on any atom is 0.115 e. The van der Waals surface area contributed by atoms with Crippen LogP contribution < -0.4 is 5.32 Å². The predicted octanol–water partition coefficient (Wildman–Crippen LogP) is 1.74. The average molecular weight is 221 g/mol. The Hall–Kier alpha value is -1.06. The number of rotatable bonds is 4. The molecular formula is C13H19NO2. The van der Waals surface area contributed by atoms with Gasteiger partial charge in [0.1, 0.15) is 5.75 Å². The Labute approximate surface area is 96.1 Å². The quantitative estimate of drug-likeness (QED) is 0.726. The summed E-state index contributed by atoms with van der Waals surface area (Å²) in [6.07, 6.45) is 2.65. The van der Waals surface area contributed by atoms with Gasteiger partial charge in [-0.1, -0.05) is 6.07 Å². The summed E-state index contributed by atoms with van der Waals surface area (Å²) < 4.78 is 0. The predicted molar refractivity (Wildman–Crippen MR) is 63.5 cm³/mol. The standard InChI is InChI=1S/C13H19NO2/c1-9(15)6-7-14-13-5-2-10-8-11(16)3-4-12(10)13/h3-4,8-9,13-16H,2,5-7H2,1H3. The third-order valence-corrected chi connectivity index (χ3v) is 3.16. The van der Waals surface area contributed by atoms with Crippen LogP contribution >= 0.6 is 0 Å². The maximum absolute atomic E-state index is 9.38. The third-order valence-electron chi connectivity index (χ3n) is 3.16. The summed E-state index contributed by atoms with van der Waals surface area (Å²) in [5.74, 6) is 0.350. The number of aliphatic hydroxyl groups excluding tert-OH is 1. The molecule has 0 radical (unpaired) electrons. The second kappa shape index (κ2) is 4.85. The average Bonchev–Trinajstić information content (AvgIpc) is 2.60. The Balaban J connectivity index is 1.95. The SMILES string of the molecule is CC(O)CCNC1CCc2cc(O)ccc21. The lowest BCUT2D eigenvalue weighted by molar-refractivity contribution is 0.182. The first-order chi connectivity index (χ1) is 7.66. The molecule has 1 aromatic rings. The third kappa shape index (κ3) is 2.54. The summed E-state index contributed by atoms with van der Waals surface area (Å²) in [5.41, 5.74) is 2.54. The highest BCUT2D eigenvalue weighted by Gasteiger charge is 2.21. The van der Waals surface area contributed by atoms with Gasteiger partial charge in [-0.3, -0.25) is 0 Å². The van der Waals surface area contributed by atoms with Gasteiger partial charge in [-0.15, -0.1) is 0 Å². The van der Waals surface area contributed by atoms with Crippen molar-refractivity contribution in [1.29, 1.82) is 0 Å². The molecule has 16 heavy (non-hydrogen) atoms. The number of fused-ring (bicyclic) bond motifs is 1. The number of aryl methyl sites for hydroxylation is 1. The van der Waals surface area contributed by atoms with Crippen molar-refractivity contribution < 1.29 is 10.2 Å². The van der Waals surface area contributed by atoms with E-state index in [1.165, 1.54) is 11.1 Å². The van der Waals surface area contributed by atoms with Crippen LogP contribution in [-0.4, -0.2) is 22.9 Å². The van der Waals surface area contributed by atoms with Crippen LogP contribution in [0.15, 0.2) is 18.2 Å². The number of hydrogen-bond donors (Lipinski definition) is 3. The summed E-state index contributed by atoms with van der Waals surface area (Å²) >= 11 is 0. The van der Waals surface area contributed by atoms with Gasteiger partial charge in [-0.25, -0.2) is 0 Å². The van der Waals surface area contributed by atoms with Gasteiger partial charge in [-0.2, -0.15) is 0 Å². The number of aliphatic hydroxyl groups is 1. The number of hydrogen-bond acceptors (Lipinski definition) is 3. The van der Waals surface area contributed by atoms with Crippen molar-refractivity contribution in [3.8, 4) is 5.75 Å². The lowest BCUT2D eigenvalue weighted by Crippen LogP contribution is -2.23. The van der Waals surface area contributed by atoms with Crippen LogP contribution in [0.2, 0.25) is 0 Å². The topological polar surface area (TPSA) is 52.5 Å². The molecule has 0 saturated carbocycles. The Morgan fingerprint density at radius 2 is 2.31 bits per heavy atom. The highest BCUT2D eigenvalue weighted by molar-refractivity contribution is 5.39. The molecule has 1 aromatic carbocycles. The van der Waals surface area contributed by atoms with Crippen molar-refractivity contribution in [3.05, 3.63) is 29.3 Å². The second-order valence-electron chi connectivity index (χ2n) is 4.57. The molecule has 3 nitrogen and oxygen atoms in total. The van der Waals surface area contributed by atoms with E-state index in [0.717, 1.165) is 25.8 Å². The minimum atomic E-state index is -0.242. The molecule has 1 aliphatic rings. The number of phenols is 1. The molecule has 0 heterocycles. The smallest absolute Gasteiger partial charge is 0.115 e. The van der Waals surface area contributed by atoms with Crippen molar-refractivity contribution in [2.75, 3.05) is 6.54 Å². The first kappa shape index (κ1) is 11.4. The lowest BCUT2D eigenvalue weighted by atomic mass is 10.1. The fourth-order valence-corrected chi connectivity index (χ4v) is 2.28. The van der Waals surface area contributed by atoms with Crippen LogP contribution in [0.5, 0.6) is 5.75 Å². The summed E-state index contributed by atoms with van der Waals surface area (Å²) in [6, 6.07) is 5.98. The first-order valence-electron chi connectivity index (χ1n) is 5.90. The molecule has 0 amide bonds. The van der Waals surface area contributed by atoms with E-state index in [4.69, 9.17) is 0 Å². The molecule has 0 fully saturated rings. The van der Waals surface area contributed by atoms with E-state index < -0.39 is 0 Å². The van der Waals surface area contributed by atoms with Gasteiger partial charge in [0, 0.05) is 6.04 Å². The molecule has 1 aliphatic carbocycles. The van der Waals surface area contributed by atoms with Gasteiger partial charge in [0.25, 0.3) is 0 Å². The molecule has 2 unspecified atom stereocenters. The number of aromatic hydroxyl groups is 1. The molecule has 3 heteroatoms. The maximum atomic E-state index is 9.38. The second-order valence-corrected chi connectivity index (χ2v) is 4.57. The summed E-state index contributed by atoms with van der Waals surface area (Å²) in [5, 5.41) is 22.0. The number of benzene rings is 1. The fourth-order valence-electron chi connectivity index (χ4n) is 2.28. The highest BCUT2D eigenvalue weighted by Crippen LogP contribution is 2.33. The van der Waals surface area contributed by atoms with Crippen LogP contribution in [0.3, 0.4) is 0 Å². The molecule has 0 aliphatic heterocycles. The lowest BCUT2D eigenvalue weighted by Gasteiger charge is -2.14. The molecule has 0 spiro atoms. The monoisotopic (exact) mass is 221 g/mol. The zero-order chi connectivity index (χ0) is 11.5. The van der Waals surface area contributed by atoms with Crippen LogP contribution in [0.4, 0.5) is 0 Å². The largest absolute Gasteiger partial charge is 0.508 e. The van der Waals surface area contributed by atoms with E-state index >= 15 is 0 Å². The fraction of sp³-hybridized carbons (Fsp3) is 0.538. The minimum Gasteiger partial charge on any atom is -0.508 e. The van der Waals surface area contributed by atoms with E-state index in [1.807, 2.05) is 19.1 Å². The van der Waals surface area contributed by atoms with Crippen molar-refractivity contribution in [2.45, 2.75) is 38.3 Å². The van der Waals surface area contributed by atoms with Crippen molar-refractivity contribution in [3.63, 3.8) is 0 Å². The summed E-state index contributed by atoms with van der Waals surface area (Å²) in [7, 11) is 0. The van der Waals surface area contributed by atoms with E-state index in [1.54, 1.807) is 6.07 Å². The summed E-state index contributed by atoms with van der Waals surface area (Å²) in [4.78, 5) is 0. The van der Waals surface area contributed by atoms with E-state index in [9.17, 15) is 10.2 Å². The van der Waals surface area contributed by atoms with Crippen LogP contribution in [0.1, 0.15) is 36.9 Å². The Morgan fingerprint density at radius 1 is 1.50 bits per heavy atom. The summed E-state index contributed by atoms with van der Waals surface area (Å²) in [6.45, 7) is 2.64. The van der Waals surface area contributed by atoms with Crippen LogP contribution in [0.25, 0.3) is 0 Å². The van der Waals surface area contributed by atoms with Gasteiger partial charge in [-0.05, 0) is 56.0 Å². The normalized spacial score (nSPS) is 20.8. The van der Waals surface area contributed by atoms with E-state index in [0.29, 0.717) is 11.8 Å². The Bertz CT molecular complexity index is 363. The number of nitrogens with one attached hydrogen (secondary N) is 1. The Morgan fingerprint density at radius 3 is 3.06 bits per heavy atom. The highest BCUT2D eigenvalue weighted by atomic mass is 16.3. The van der Waals surface area contributed by atoms with Gasteiger partial charge >= 0.3 is 0 Å². The van der Waals surface area contributed by atoms with Crippen LogP contribution in [-0.2, 0) is 6.42 Å². The molecule has 2 rings (SSSR count). The molecule has 88 valence electrons. The van der Waals surface area contributed by atoms with Gasteiger partial charge in [0.15, 0.2) is 0 Å². The van der Waals surface area contributed by atoms with E-state index in [2.05, 4.69) is 5.32 Å². The zero-order valence-corrected chi connectivity index (χ0v) is 9.61. The molecular weight excluding hydrogens is 202 g/mol. The van der Waals surface area contributed by atoms with Crippen molar-refractivity contribution >= 4 is 0 Å². The number of phenolic OH excluding ortho intramolecular Hbond substituents is 1. The van der Waals surface area contributed by atoms with Gasteiger partial charge < -0.3 is 15.5 Å². The Kier molecular flexibility index (Phi) is 3.46. The minimum absolute atomic E-state index is 0.242. The van der Waals surface area contributed by atoms with Gasteiger partial charge in [0.2, 0.25) is 0 Å². The molecule has 0 saturated heterocycles. The van der Waals surface area contributed by atoms with Gasteiger partial charge in [0.05, 0.1) is 6.10 Å². The van der Waals surface area contributed by atoms with Crippen LogP contribution in [0, 0.1) is 0 Å². The van der Waals surface area contributed by atoms with E-state index in [-0.39, 0.29) is 6.10 Å². The molecule has 2 atom stereocenters.